The zero-order valence-corrected chi connectivity index (χ0v) is 10.5. The van der Waals surface area contributed by atoms with E-state index in [4.69, 9.17) is 9.47 Å². The maximum atomic E-state index is 10.2. The molecule has 0 atom stereocenters. The lowest BCUT2D eigenvalue weighted by Crippen LogP contribution is -1.92. The Balaban J connectivity index is 2.85. The molecule has 0 saturated heterocycles. The van der Waals surface area contributed by atoms with E-state index in [1.807, 2.05) is 32.0 Å². The topological polar surface area (TPSA) is 38.7 Å². The van der Waals surface area contributed by atoms with Gasteiger partial charge in [0.1, 0.15) is 0 Å². The molecule has 0 aliphatic heterocycles. The van der Waals surface area contributed by atoms with Gasteiger partial charge in [-0.25, -0.2) is 0 Å². The van der Waals surface area contributed by atoms with Crippen molar-refractivity contribution in [1.82, 2.24) is 0 Å². The Labute approximate surface area is 101 Å². The molecule has 2 aromatic carbocycles. The Morgan fingerprint density at radius 2 is 1.59 bits per heavy atom. The summed E-state index contributed by atoms with van der Waals surface area (Å²) >= 11 is 0. The average molecular weight is 232 g/mol. The fraction of sp³-hybridized carbons (Fsp3) is 0.286. The second-order valence-electron chi connectivity index (χ2n) is 4.12. The smallest absolute Gasteiger partial charge is 0.203 e. The lowest BCUT2D eigenvalue weighted by molar-refractivity contribution is 0.335. The maximum absolute atomic E-state index is 10.2. The number of rotatable bonds is 2. The molecule has 2 rings (SSSR count). The molecule has 90 valence electrons. The van der Waals surface area contributed by atoms with Crippen molar-refractivity contribution >= 4 is 10.8 Å². The number of aryl methyl sites for hydroxylation is 2. The summed E-state index contributed by atoms with van der Waals surface area (Å²) in [5, 5.41) is 11.9. The molecule has 0 bridgehead atoms. The average Bonchev–Trinajstić information content (AvgIpc) is 2.31. The summed E-state index contributed by atoms with van der Waals surface area (Å²) in [7, 11) is 3.08. The molecule has 0 amide bonds. The number of fused-ring (bicyclic) bond motifs is 1. The summed E-state index contributed by atoms with van der Waals surface area (Å²) in [6, 6.07) is 5.87. The SMILES string of the molecule is COc1cc2cc(C)c(C)cc2c(O)c1OC. The number of benzene rings is 2. The van der Waals surface area contributed by atoms with Gasteiger partial charge in [-0.1, -0.05) is 6.07 Å². The molecule has 0 aliphatic rings. The molecular weight excluding hydrogens is 216 g/mol. The minimum absolute atomic E-state index is 0.130. The summed E-state index contributed by atoms with van der Waals surface area (Å²) in [4.78, 5) is 0. The summed E-state index contributed by atoms with van der Waals surface area (Å²) in [5.41, 5.74) is 2.32. The van der Waals surface area contributed by atoms with Gasteiger partial charge in [0.2, 0.25) is 5.75 Å². The molecule has 3 nitrogen and oxygen atoms in total. The third-order valence-corrected chi connectivity index (χ3v) is 3.07. The number of ether oxygens (including phenoxy) is 2. The van der Waals surface area contributed by atoms with Crippen molar-refractivity contribution in [1.29, 1.82) is 0 Å². The molecular formula is C14H16O3. The molecule has 0 aliphatic carbocycles. The van der Waals surface area contributed by atoms with Crippen LogP contribution in [0.2, 0.25) is 0 Å². The zero-order chi connectivity index (χ0) is 12.6. The van der Waals surface area contributed by atoms with Crippen LogP contribution >= 0.6 is 0 Å². The monoisotopic (exact) mass is 232 g/mol. The van der Waals surface area contributed by atoms with Gasteiger partial charge in [-0.3, -0.25) is 0 Å². The summed E-state index contributed by atoms with van der Waals surface area (Å²) in [6.07, 6.45) is 0. The molecule has 0 saturated carbocycles. The van der Waals surface area contributed by atoms with E-state index in [-0.39, 0.29) is 5.75 Å². The first-order valence-electron chi connectivity index (χ1n) is 5.43. The zero-order valence-electron chi connectivity index (χ0n) is 10.5. The number of phenolic OH excluding ortho intramolecular Hbond substituents is 1. The minimum atomic E-state index is 0.130. The van der Waals surface area contributed by atoms with E-state index < -0.39 is 0 Å². The van der Waals surface area contributed by atoms with Gasteiger partial charge in [-0.15, -0.1) is 0 Å². The first-order chi connectivity index (χ1) is 8.08. The molecule has 0 spiro atoms. The second kappa shape index (κ2) is 4.17. The van der Waals surface area contributed by atoms with Gasteiger partial charge in [-0.05, 0) is 42.5 Å². The number of hydrogen-bond acceptors (Lipinski definition) is 3. The van der Waals surface area contributed by atoms with Crippen LogP contribution in [-0.2, 0) is 0 Å². The van der Waals surface area contributed by atoms with Crippen molar-refractivity contribution in [2.24, 2.45) is 0 Å². The first kappa shape index (κ1) is 11.6. The summed E-state index contributed by atoms with van der Waals surface area (Å²) in [5.74, 6) is 1.05. The number of methoxy groups -OCH3 is 2. The quantitative estimate of drug-likeness (QED) is 0.864. The van der Waals surface area contributed by atoms with Crippen LogP contribution < -0.4 is 9.47 Å². The predicted molar refractivity (Wildman–Crippen MR) is 68.2 cm³/mol. The number of phenols is 1. The molecule has 0 aromatic heterocycles. The van der Waals surface area contributed by atoms with Gasteiger partial charge < -0.3 is 14.6 Å². The van der Waals surface area contributed by atoms with E-state index in [1.165, 1.54) is 12.7 Å². The van der Waals surface area contributed by atoms with Crippen LogP contribution in [0.1, 0.15) is 11.1 Å². The highest BCUT2D eigenvalue weighted by Gasteiger charge is 2.14. The second-order valence-corrected chi connectivity index (χ2v) is 4.12. The largest absolute Gasteiger partial charge is 0.504 e. The van der Waals surface area contributed by atoms with Crippen molar-refractivity contribution in [3.8, 4) is 17.2 Å². The van der Waals surface area contributed by atoms with Crippen LogP contribution in [0.25, 0.3) is 10.8 Å². The van der Waals surface area contributed by atoms with Crippen LogP contribution in [0.3, 0.4) is 0 Å². The van der Waals surface area contributed by atoms with Gasteiger partial charge in [0.25, 0.3) is 0 Å². The van der Waals surface area contributed by atoms with Crippen molar-refractivity contribution < 1.29 is 14.6 Å². The van der Waals surface area contributed by atoms with E-state index in [1.54, 1.807) is 7.11 Å². The van der Waals surface area contributed by atoms with Crippen LogP contribution in [0.4, 0.5) is 0 Å². The molecule has 0 heterocycles. The molecule has 17 heavy (non-hydrogen) atoms. The van der Waals surface area contributed by atoms with Crippen LogP contribution in [0.15, 0.2) is 18.2 Å². The van der Waals surface area contributed by atoms with Gasteiger partial charge in [0, 0.05) is 5.39 Å². The van der Waals surface area contributed by atoms with Gasteiger partial charge in [0.05, 0.1) is 14.2 Å². The predicted octanol–water partition coefficient (Wildman–Crippen LogP) is 3.18. The highest BCUT2D eigenvalue weighted by Crippen LogP contribution is 2.43. The fourth-order valence-electron chi connectivity index (χ4n) is 1.96. The van der Waals surface area contributed by atoms with E-state index in [2.05, 4.69) is 0 Å². The van der Waals surface area contributed by atoms with E-state index in [0.29, 0.717) is 11.5 Å². The lowest BCUT2D eigenvalue weighted by atomic mass is 10.0. The Kier molecular flexibility index (Phi) is 2.84. The summed E-state index contributed by atoms with van der Waals surface area (Å²) in [6.45, 7) is 4.06. The standard InChI is InChI=1S/C14H16O3/c1-8-5-10-7-12(16-3)14(17-4)13(15)11(10)6-9(8)2/h5-7,15H,1-4H3. The first-order valence-corrected chi connectivity index (χ1v) is 5.43. The van der Waals surface area contributed by atoms with Gasteiger partial charge in [-0.2, -0.15) is 0 Å². The van der Waals surface area contributed by atoms with Gasteiger partial charge in [0.15, 0.2) is 11.5 Å². The van der Waals surface area contributed by atoms with Crippen molar-refractivity contribution in [2.45, 2.75) is 13.8 Å². The number of hydrogen-bond donors (Lipinski definition) is 1. The van der Waals surface area contributed by atoms with E-state index in [0.717, 1.165) is 16.3 Å². The Morgan fingerprint density at radius 1 is 0.941 bits per heavy atom. The van der Waals surface area contributed by atoms with Crippen LogP contribution in [0.5, 0.6) is 17.2 Å². The molecule has 0 radical (unpaired) electrons. The third-order valence-electron chi connectivity index (χ3n) is 3.07. The minimum Gasteiger partial charge on any atom is -0.504 e. The Morgan fingerprint density at radius 3 is 2.18 bits per heavy atom. The molecule has 2 aromatic rings. The van der Waals surface area contributed by atoms with Crippen LogP contribution in [0, 0.1) is 13.8 Å². The molecule has 3 heteroatoms. The lowest BCUT2D eigenvalue weighted by Gasteiger charge is -2.13. The van der Waals surface area contributed by atoms with E-state index >= 15 is 0 Å². The van der Waals surface area contributed by atoms with Crippen molar-refractivity contribution in [2.75, 3.05) is 14.2 Å². The molecule has 0 unspecified atom stereocenters. The normalized spacial score (nSPS) is 10.6. The molecule has 1 N–H and O–H groups in total. The summed E-state index contributed by atoms with van der Waals surface area (Å²) < 4.78 is 10.4. The number of aromatic hydroxyl groups is 1. The highest BCUT2D eigenvalue weighted by molar-refractivity contribution is 5.93. The Bertz CT molecular complexity index is 573. The highest BCUT2D eigenvalue weighted by atomic mass is 16.5. The fourth-order valence-corrected chi connectivity index (χ4v) is 1.96. The van der Waals surface area contributed by atoms with E-state index in [9.17, 15) is 5.11 Å². The van der Waals surface area contributed by atoms with Crippen molar-refractivity contribution in [3.05, 3.63) is 29.3 Å². The van der Waals surface area contributed by atoms with Gasteiger partial charge >= 0.3 is 0 Å². The third kappa shape index (κ3) is 1.78. The van der Waals surface area contributed by atoms with Crippen LogP contribution in [-0.4, -0.2) is 19.3 Å². The maximum Gasteiger partial charge on any atom is 0.203 e. The van der Waals surface area contributed by atoms with Crippen molar-refractivity contribution in [3.63, 3.8) is 0 Å². The Hall–Kier alpha value is -1.90. The molecule has 0 fully saturated rings.